The molecule has 0 bridgehead atoms. The Balaban J connectivity index is 2.41. The molecule has 0 radical (unpaired) electrons. The van der Waals surface area contributed by atoms with E-state index in [9.17, 15) is 4.79 Å². The standard InChI is InChI=1S/C12H11NO2/c13-12(14)11-8-4-2-6-9-5-1-3-7-10(9)15-11/h1-5,7-8H,6H2,(H2,13,14). The van der Waals surface area contributed by atoms with Gasteiger partial charge in [0.05, 0.1) is 0 Å². The van der Waals surface area contributed by atoms with Crippen LogP contribution in [0, 0.1) is 0 Å². The van der Waals surface area contributed by atoms with Crippen LogP contribution in [0.4, 0.5) is 0 Å². The number of hydrogen-bond acceptors (Lipinski definition) is 2. The minimum atomic E-state index is -0.559. The van der Waals surface area contributed by atoms with Gasteiger partial charge in [0.1, 0.15) is 5.75 Å². The Morgan fingerprint density at radius 1 is 1.33 bits per heavy atom. The van der Waals surface area contributed by atoms with Crippen LogP contribution in [-0.2, 0) is 11.2 Å². The second-order valence-electron chi connectivity index (χ2n) is 3.24. The Bertz CT molecular complexity index is 447. The van der Waals surface area contributed by atoms with Crippen molar-refractivity contribution in [1.82, 2.24) is 0 Å². The molecular formula is C12H11NO2. The predicted octanol–water partition coefficient (Wildman–Crippen LogP) is 1.55. The summed E-state index contributed by atoms with van der Waals surface area (Å²) in [7, 11) is 0. The Morgan fingerprint density at radius 3 is 2.93 bits per heavy atom. The molecular weight excluding hydrogens is 190 g/mol. The first-order valence-electron chi connectivity index (χ1n) is 4.70. The van der Waals surface area contributed by atoms with Gasteiger partial charge in [-0.15, -0.1) is 0 Å². The van der Waals surface area contributed by atoms with Gasteiger partial charge in [-0.2, -0.15) is 0 Å². The Morgan fingerprint density at radius 2 is 2.13 bits per heavy atom. The van der Waals surface area contributed by atoms with Crippen LogP contribution in [-0.4, -0.2) is 5.91 Å². The summed E-state index contributed by atoms with van der Waals surface area (Å²) in [6.07, 6.45) is 6.11. The van der Waals surface area contributed by atoms with Crippen LogP contribution < -0.4 is 10.5 Å². The SMILES string of the molecule is NC(=O)C1=CC=CCc2ccccc2O1. The summed E-state index contributed by atoms with van der Waals surface area (Å²) in [6.45, 7) is 0. The van der Waals surface area contributed by atoms with Crippen LogP contribution in [0.5, 0.6) is 5.75 Å². The van der Waals surface area contributed by atoms with Crippen molar-refractivity contribution in [2.24, 2.45) is 5.73 Å². The molecule has 0 atom stereocenters. The molecule has 3 heteroatoms. The number of para-hydroxylation sites is 1. The van der Waals surface area contributed by atoms with Crippen molar-refractivity contribution in [3.63, 3.8) is 0 Å². The van der Waals surface area contributed by atoms with Crippen LogP contribution in [0.3, 0.4) is 0 Å². The summed E-state index contributed by atoms with van der Waals surface area (Å²) in [4.78, 5) is 11.0. The van der Waals surface area contributed by atoms with Crippen LogP contribution in [0.1, 0.15) is 5.56 Å². The molecule has 0 spiro atoms. The Kier molecular flexibility index (Phi) is 2.54. The number of primary amides is 1. The van der Waals surface area contributed by atoms with Gasteiger partial charge in [-0.25, -0.2) is 0 Å². The fraction of sp³-hybridized carbons (Fsp3) is 0.0833. The quantitative estimate of drug-likeness (QED) is 0.749. The van der Waals surface area contributed by atoms with Crippen molar-refractivity contribution in [2.45, 2.75) is 6.42 Å². The minimum Gasteiger partial charge on any atom is -0.451 e. The van der Waals surface area contributed by atoms with E-state index in [2.05, 4.69) is 0 Å². The molecule has 0 saturated carbocycles. The highest BCUT2D eigenvalue weighted by Crippen LogP contribution is 2.22. The van der Waals surface area contributed by atoms with Gasteiger partial charge in [0.2, 0.25) is 0 Å². The monoisotopic (exact) mass is 201 g/mol. The third-order valence-electron chi connectivity index (χ3n) is 2.16. The molecule has 0 fully saturated rings. The molecule has 3 nitrogen and oxygen atoms in total. The predicted molar refractivity (Wildman–Crippen MR) is 57.2 cm³/mol. The van der Waals surface area contributed by atoms with E-state index in [4.69, 9.17) is 10.5 Å². The normalized spacial score (nSPS) is 14.3. The Labute approximate surface area is 87.9 Å². The molecule has 0 aromatic heterocycles. The number of amides is 1. The second-order valence-corrected chi connectivity index (χ2v) is 3.24. The van der Waals surface area contributed by atoms with E-state index in [1.54, 1.807) is 12.2 Å². The van der Waals surface area contributed by atoms with Crippen molar-refractivity contribution in [3.8, 4) is 5.75 Å². The van der Waals surface area contributed by atoms with E-state index < -0.39 is 5.91 Å². The summed E-state index contributed by atoms with van der Waals surface area (Å²) >= 11 is 0. The van der Waals surface area contributed by atoms with Gasteiger partial charge >= 0.3 is 0 Å². The molecule has 1 heterocycles. The van der Waals surface area contributed by atoms with Gasteiger partial charge in [-0.3, -0.25) is 4.79 Å². The molecule has 15 heavy (non-hydrogen) atoms. The lowest BCUT2D eigenvalue weighted by Gasteiger charge is -2.12. The molecule has 1 amide bonds. The second kappa shape index (κ2) is 4.00. The lowest BCUT2D eigenvalue weighted by atomic mass is 10.1. The molecule has 0 unspecified atom stereocenters. The number of hydrogen-bond donors (Lipinski definition) is 1. The third kappa shape index (κ3) is 2.07. The largest absolute Gasteiger partial charge is 0.451 e. The first kappa shape index (κ1) is 9.52. The highest BCUT2D eigenvalue weighted by atomic mass is 16.5. The smallest absolute Gasteiger partial charge is 0.284 e. The minimum absolute atomic E-state index is 0.165. The number of benzene rings is 1. The van der Waals surface area contributed by atoms with Gasteiger partial charge in [-0.05, 0) is 24.1 Å². The topological polar surface area (TPSA) is 52.3 Å². The average molecular weight is 201 g/mol. The maximum Gasteiger partial charge on any atom is 0.284 e. The number of allylic oxidation sites excluding steroid dienone is 3. The number of fused-ring (bicyclic) bond motifs is 1. The number of rotatable bonds is 1. The summed E-state index contributed by atoms with van der Waals surface area (Å²) in [5.74, 6) is 0.293. The van der Waals surface area contributed by atoms with Crippen molar-refractivity contribution >= 4 is 5.91 Å². The van der Waals surface area contributed by atoms with E-state index in [0.717, 1.165) is 12.0 Å². The van der Waals surface area contributed by atoms with E-state index >= 15 is 0 Å². The maximum absolute atomic E-state index is 11.0. The van der Waals surface area contributed by atoms with Crippen molar-refractivity contribution in [3.05, 3.63) is 53.8 Å². The number of carbonyl (C=O) groups is 1. The summed E-state index contributed by atoms with van der Waals surface area (Å²) in [6, 6.07) is 7.59. The zero-order valence-corrected chi connectivity index (χ0v) is 8.14. The van der Waals surface area contributed by atoms with Crippen LogP contribution >= 0.6 is 0 Å². The molecule has 2 N–H and O–H groups in total. The first-order chi connectivity index (χ1) is 7.27. The van der Waals surface area contributed by atoms with Gasteiger partial charge in [-0.1, -0.05) is 30.4 Å². The van der Waals surface area contributed by atoms with E-state index in [1.807, 2.05) is 30.3 Å². The average Bonchev–Trinajstić information content (AvgIpc) is 2.18. The van der Waals surface area contributed by atoms with E-state index in [-0.39, 0.29) is 5.76 Å². The van der Waals surface area contributed by atoms with E-state index in [1.165, 1.54) is 0 Å². The molecule has 0 saturated heterocycles. The zero-order chi connectivity index (χ0) is 10.7. The molecule has 2 rings (SSSR count). The Hall–Kier alpha value is -2.03. The van der Waals surface area contributed by atoms with E-state index in [0.29, 0.717) is 5.75 Å². The molecule has 1 aliphatic rings. The van der Waals surface area contributed by atoms with Gasteiger partial charge in [0.25, 0.3) is 5.91 Å². The highest BCUT2D eigenvalue weighted by Gasteiger charge is 2.10. The molecule has 1 aliphatic heterocycles. The first-order valence-corrected chi connectivity index (χ1v) is 4.70. The third-order valence-corrected chi connectivity index (χ3v) is 2.16. The lowest BCUT2D eigenvalue weighted by Crippen LogP contribution is -2.18. The van der Waals surface area contributed by atoms with Gasteiger partial charge < -0.3 is 10.5 Å². The van der Waals surface area contributed by atoms with Crippen molar-refractivity contribution in [1.29, 1.82) is 0 Å². The fourth-order valence-corrected chi connectivity index (χ4v) is 1.41. The van der Waals surface area contributed by atoms with Gasteiger partial charge in [0.15, 0.2) is 5.76 Å². The fourth-order valence-electron chi connectivity index (χ4n) is 1.41. The molecule has 1 aromatic rings. The molecule has 1 aromatic carbocycles. The maximum atomic E-state index is 11.0. The highest BCUT2D eigenvalue weighted by molar-refractivity contribution is 5.90. The zero-order valence-electron chi connectivity index (χ0n) is 8.14. The summed E-state index contributed by atoms with van der Waals surface area (Å²) < 4.78 is 5.43. The molecule has 76 valence electrons. The summed E-state index contributed by atoms with van der Waals surface area (Å²) in [5.41, 5.74) is 6.22. The number of carbonyl (C=O) groups excluding carboxylic acids is 1. The summed E-state index contributed by atoms with van der Waals surface area (Å²) in [5, 5.41) is 0. The van der Waals surface area contributed by atoms with Gasteiger partial charge in [0, 0.05) is 0 Å². The van der Waals surface area contributed by atoms with Crippen LogP contribution in [0.15, 0.2) is 48.3 Å². The van der Waals surface area contributed by atoms with Crippen molar-refractivity contribution < 1.29 is 9.53 Å². The van der Waals surface area contributed by atoms with Crippen LogP contribution in [0.2, 0.25) is 0 Å². The van der Waals surface area contributed by atoms with Crippen molar-refractivity contribution in [2.75, 3.05) is 0 Å². The number of ether oxygens (including phenoxy) is 1. The van der Waals surface area contributed by atoms with Crippen LogP contribution in [0.25, 0.3) is 0 Å². The number of nitrogens with two attached hydrogens (primary N) is 1. The molecule has 0 aliphatic carbocycles. The lowest BCUT2D eigenvalue weighted by molar-refractivity contribution is -0.116.